The predicted octanol–water partition coefficient (Wildman–Crippen LogP) is 2.99. The van der Waals surface area contributed by atoms with Crippen LogP contribution in [0.1, 0.15) is 15.9 Å². The van der Waals surface area contributed by atoms with Gasteiger partial charge in [-0.2, -0.15) is 9.78 Å². The van der Waals surface area contributed by atoms with Crippen LogP contribution in [-0.4, -0.2) is 40.6 Å². The average Bonchev–Trinajstić information content (AvgIpc) is 3.14. The third-order valence-electron chi connectivity index (χ3n) is 5.14. The second-order valence-corrected chi connectivity index (χ2v) is 7.22. The SMILES string of the molecule is COC(=O)c1cn(-c2ccc3c(c2)OCCO3)cc2c(=O)n(-c3cccc(C)c3)nc1-2. The maximum absolute atomic E-state index is 13.2. The van der Waals surface area contributed by atoms with Gasteiger partial charge in [0.25, 0.3) is 5.56 Å². The van der Waals surface area contributed by atoms with Gasteiger partial charge >= 0.3 is 5.97 Å². The number of esters is 1. The number of aromatic nitrogens is 3. The molecule has 8 heteroatoms. The van der Waals surface area contributed by atoms with Crippen LogP contribution in [-0.2, 0) is 4.74 Å². The summed E-state index contributed by atoms with van der Waals surface area (Å²) in [5.74, 6) is 0.682. The van der Waals surface area contributed by atoms with Crippen molar-refractivity contribution < 1.29 is 19.0 Å². The summed E-state index contributed by atoms with van der Waals surface area (Å²) in [6, 6.07) is 12.9. The van der Waals surface area contributed by atoms with E-state index >= 15 is 0 Å². The number of rotatable bonds is 3. The lowest BCUT2D eigenvalue weighted by molar-refractivity contribution is 0.0600. The smallest absolute Gasteiger partial charge is 0.341 e. The summed E-state index contributed by atoms with van der Waals surface area (Å²) < 4.78 is 19.2. The zero-order chi connectivity index (χ0) is 21.5. The van der Waals surface area contributed by atoms with E-state index in [2.05, 4.69) is 5.10 Å². The number of hydrogen-bond donors (Lipinski definition) is 0. The summed E-state index contributed by atoms with van der Waals surface area (Å²) in [7, 11) is 1.30. The topological polar surface area (TPSA) is 84.6 Å². The Morgan fingerprint density at radius 2 is 1.84 bits per heavy atom. The van der Waals surface area contributed by atoms with Crippen molar-refractivity contribution in [1.29, 1.82) is 0 Å². The number of benzene rings is 2. The number of methoxy groups -OCH3 is 1. The Bertz CT molecular complexity index is 1340. The summed E-state index contributed by atoms with van der Waals surface area (Å²) >= 11 is 0. The first-order valence-corrected chi connectivity index (χ1v) is 9.75. The van der Waals surface area contributed by atoms with Crippen molar-refractivity contribution in [2.75, 3.05) is 20.3 Å². The largest absolute Gasteiger partial charge is 0.486 e. The normalized spacial score (nSPS) is 12.7. The van der Waals surface area contributed by atoms with Crippen molar-refractivity contribution >= 4 is 5.97 Å². The maximum atomic E-state index is 13.2. The third kappa shape index (κ3) is 3.22. The fourth-order valence-corrected chi connectivity index (χ4v) is 3.64. The van der Waals surface area contributed by atoms with Crippen LogP contribution in [0.5, 0.6) is 11.5 Å². The summed E-state index contributed by atoms with van der Waals surface area (Å²) in [6.07, 6.45) is 3.27. The van der Waals surface area contributed by atoms with E-state index in [1.165, 1.54) is 11.8 Å². The molecule has 0 unspecified atom stereocenters. The van der Waals surface area contributed by atoms with E-state index in [1.54, 1.807) is 35.2 Å². The fourth-order valence-electron chi connectivity index (χ4n) is 3.64. The highest BCUT2D eigenvalue weighted by molar-refractivity contribution is 5.96. The van der Waals surface area contributed by atoms with Gasteiger partial charge in [0.15, 0.2) is 11.5 Å². The molecule has 0 bridgehead atoms. The predicted molar refractivity (Wildman–Crippen MR) is 113 cm³/mol. The minimum atomic E-state index is -0.578. The third-order valence-corrected chi connectivity index (χ3v) is 5.14. The minimum absolute atomic E-state index is 0.193. The van der Waals surface area contributed by atoms with Crippen LogP contribution in [0.15, 0.2) is 59.7 Å². The van der Waals surface area contributed by atoms with Gasteiger partial charge in [-0.3, -0.25) is 4.79 Å². The molecule has 156 valence electrons. The number of fused-ring (bicyclic) bond motifs is 2. The molecule has 3 aliphatic heterocycles. The Hall–Kier alpha value is -4.07. The van der Waals surface area contributed by atoms with E-state index in [1.807, 2.05) is 31.2 Å². The molecule has 0 saturated heterocycles. The lowest BCUT2D eigenvalue weighted by atomic mass is 10.1. The molecule has 0 fully saturated rings. The van der Waals surface area contributed by atoms with Crippen molar-refractivity contribution in [3.05, 3.63) is 76.3 Å². The number of hydrogen-bond acceptors (Lipinski definition) is 6. The van der Waals surface area contributed by atoms with Gasteiger partial charge in [-0.05, 0) is 36.8 Å². The standard InChI is InChI=1S/C23H19N3O5/c1-14-4-3-5-16(10-14)26-22(27)17-12-25(13-18(21(17)24-26)23(28)29-2)15-6-7-19-20(11-15)31-9-8-30-19/h3-7,10-13H,8-9H2,1-2H3. The van der Waals surface area contributed by atoms with Crippen LogP contribution in [0.25, 0.3) is 22.6 Å². The zero-order valence-corrected chi connectivity index (χ0v) is 17.0. The Labute approximate surface area is 177 Å². The molecule has 2 aromatic rings. The molecule has 0 radical (unpaired) electrons. The molecule has 3 aliphatic rings. The Morgan fingerprint density at radius 3 is 2.61 bits per heavy atom. The second kappa shape index (κ2) is 7.32. The fraction of sp³-hybridized carbons (Fsp3) is 0.174. The highest BCUT2D eigenvalue weighted by Gasteiger charge is 2.25. The van der Waals surface area contributed by atoms with E-state index < -0.39 is 5.97 Å². The van der Waals surface area contributed by atoms with Crippen LogP contribution < -0.4 is 15.0 Å². The number of carbonyl (C=O) groups excluding carboxylic acids is 1. The summed E-state index contributed by atoms with van der Waals surface area (Å²) in [4.78, 5) is 25.7. The molecule has 0 aliphatic carbocycles. The molecule has 0 amide bonds. The average molecular weight is 417 g/mol. The van der Waals surface area contributed by atoms with Crippen LogP contribution in [0, 0.1) is 6.92 Å². The molecule has 0 saturated carbocycles. The van der Waals surface area contributed by atoms with E-state index in [-0.39, 0.29) is 16.8 Å². The number of nitrogens with zero attached hydrogens (tertiary/aromatic N) is 3. The first kappa shape index (κ1) is 18.9. The highest BCUT2D eigenvalue weighted by Crippen LogP contribution is 2.33. The molecule has 0 spiro atoms. The Morgan fingerprint density at radius 1 is 1.03 bits per heavy atom. The molecular weight excluding hydrogens is 398 g/mol. The van der Waals surface area contributed by atoms with E-state index in [4.69, 9.17) is 14.2 Å². The van der Waals surface area contributed by atoms with Gasteiger partial charge in [0.1, 0.15) is 24.5 Å². The summed E-state index contributed by atoms with van der Waals surface area (Å²) in [5, 5.41) is 4.44. The molecule has 31 heavy (non-hydrogen) atoms. The lowest BCUT2D eigenvalue weighted by Gasteiger charge is -2.20. The van der Waals surface area contributed by atoms with Crippen LogP contribution in [0.2, 0.25) is 0 Å². The van der Waals surface area contributed by atoms with Crippen LogP contribution in [0.4, 0.5) is 0 Å². The van der Waals surface area contributed by atoms with Gasteiger partial charge in [0.05, 0.1) is 18.4 Å². The van der Waals surface area contributed by atoms with Gasteiger partial charge in [-0.1, -0.05) is 12.1 Å². The zero-order valence-electron chi connectivity index (χ0n) is 17.0. The van der Waals surface area contributed by atoms with Crippen molar-refractivity contribution in [1.82, 2.24) is 14.3 Å². The van der Waals surface area contributed by atoms with Crippen molar-refractivity contribution in [3.63, 3.8) is 0 Å². The van der Waals surface area contributed by atoms with E-state index in [0.717, 1.165) is 5.56 Å². The molecule has 2 aromatic carbocycles. The quantitative estimate of drug-likeness (QED) is 0.477. The van der Waals surface area contributed by atoms with Gasteiger partial charge in [0, 0.05) is 24.1 Å². The van der Waals surface area contributed by atoms with Gasteiger partial charge < -0.3 is 18.8 Å². The summed E-state index contributed by atoms with van der Waals surface area (Å²) in [6.45, 7) is 2.89. The number of carbonyl (C=O) groups is 1. The molecule has 5 rings (SSSR count). The van der Waals surface area contributed by atoms with Crippen molar-refractivity contribution in [2.24, 2.45) is 0 Å². The molecule has 0 aromatic heterocycles. The minimum Gasteiger partial charge on any atom is -0.486 e. The summed E-state index contributed by atoms with van der Waals surface area (Å²) in [5.41, 5.74) is 2.79. The number of pyridine rings is 1. The molecule has 3 heterocycles. The van der Waals surface area contributed by atoms with Crippen LogP contribution >= 0.6 is 0 Å². The first-order chi connectivity index (χ1) is 15.0. The van der Waals surface area contributed by atoms with E-state index in [0.29, 0.717) is 41.7 Å². The monoisotopic (exact) mass is 417 g/mol. The molecule has 0 atom stereocenters. The van der Waals surface area contributed by atoms with Gasteiger partial charge in [-0.15, -0.1) is 0 Å². The van der Waals surface area contributed by atoms with Crippen molar-refractivity contribution in [2.45, 2.75) is 6.92 Å². The lowest BCUT2D eigenvalue weighted by Crippen LogP contribution is -2.16. The van der Waals surface area contributed by atoms with Crippen LogP contribution in [0.3, 0.4) is 0 Å². The van der Waals surface area contributed by atoms with Gasteiger partial charge in [-0.25, -0.2) is 4.79 Å². The highest BCUT2D eigenvalue weighted by atomic mass is 16.6. The molecule has 0 N–H and O–H groups in total. The Balaban J connectivity index is 1.72. The van der Waals surface area contributed by atoms with E-state index in [9.17, 15) is 9.59 Å². The second-order valence-electron chi connectivity index (χ2n) is 7.22. The molecule has 8 nitrogen and oxygen atoms in total. The Kier molecular flexibility index (Phi) is 4.47. The van der Waals surface area contributed by atoms with Gasteiger partial charge in [0.2, 0.25) is 0 Å². The van der Waals surface area contributed by atoms with Crippen molar-refractivity contribution in [3.8, 4) is 34.1 Å². The number of ether oxygens (including phenoxy) is 3. The number of aryl methyl sites for hydroxylation is 1. The maximum Gasteiger partial charge on any atom is 0.341 e. The molecular formula is C23H19N3O5. The first-order valence-electron chi connectivity index (χ1n) is 9.75.